The van der Waals surface area contributed by atoms with Gasteiger partial charge in [0.05, 0.1) is 33.8 Å². The first-order valence-corrected chi connectivity index (χ1v) is 21.4. The molecule has 2 fully saturated rings. The third-order valence-electron chi connectivity index (χ3n) is 11.5. The van der Waals surface area contributed by atoms with E-state index in [1.54, 1.807) is 12.3 Å². The molecule has 8 rings (SSSR count). The van der Waals surface area contributed by atoms with Gasteiger partial charge in [0.25, 0.3) is 5.91 Å². The summed E-state index contributed by atoms with van der Waals surface area (Å²) in [4.78, 5) is 38.5. The fourth-order valence-corrected chi connectivity index (χ4v) is 9.36. The van der Waals surface area contributed by atoms with E-state index in [1.165, 1.54) is 5.69 Å². The maximum absolute atomic E-state index is 13.5. The van der Waals surface area contributed by atoms with Crippen LogP contribution in [0.15, 0.2) is 60.7 Å². The second kappa shape index (κ2) is 16.0. The van der Waals surface area contributed by atoms with Crippen molar-refractivity contribution in [3.63, 3.8) is 0 Å². The third-order valence-corrected chi connectivity index (χ3v) is 12.9. The number of hydrogen-bond acceptors (Lipinski definition) is 6. The Morgan fingerprint density at radius 3 is 2.64 bits per heavy atom. The molecule has 3 aliphatic rings. The number of likely N-dealkylation sites (tertiary alicyclic amines) is 2. The number of halogens is 1. The Morgan fingerprint density at radius 1 is 1.02 bits per heavy atom. The van der Waals surface area contributed by atoms with Crippen molar-refractivity contribution >= 4 is 45.4 Å². The van der Waals surface area contributed by atoms with Gasteiger partial charge in [-0.05, 0) is 93.6 Å². The fourth-order valence-electron chi connectivity index (χ4n) is 8.47. The number of amides is 2. The first-order valence-electron chi connectivity index (χ1n) is 19.5. The maximum Gasteiger partial charge on any atom is 0.251 e. The van der Waals surface area contributed by atoms with E-state index in [1.807, 2.05) is 60.6 Å². The lowest BCUT2D eigenvalue weighted by Gasteiger charge is -2.36. The largest absolute Gasteiger partial charge is 0.342 e. The molecule has 2 unspecified atom stereocenters. The van der Waals surface area contributed by atoms with Gasteiger partial charge in [0.2, 0.25) is 5.91 Å². The number of imidazole rings is 1. The van der Waals surface area contributed by atoms with E-state index in [4.69, 9.17) is 16.7 Å². The highest BCUT2D eigenvalue weighted by Crippen LogP contribution is 2.36. The van der Waals surface area contributed by atoms with Crippen molar-refractivity contribution in [1.29, 1.82) is 0 Å². The lowest BCUT2D eigenvalue weighted by molar-refractivity contribution is -0.130. The summed E-state index contributed by atoms with van der Waals surface area (Å²) in [6.07, 6.45) is 7.28. The molecule has 0 saturated carbocycles. The van der Waals surface area contributed by atoms with Gasteiger partial charge in [-0.15, -0.1) is 0 Å². The van der Waals surface area contributed by atoms with Crippen LogP contribution in [-0.4, -0.2) is 94.9 Å². The number of nitrogens with zero attached hydrogens (tertiary/aromatic N) is 6. The molecule has 2 amide bonds. The van der Waals surface area contributed by atoms with Crippen LogP contribution < -0.4 is 5.32 Å². The summed E-state index contributed by atoms with van der Waals surface area (Å²) < 4.78 is 16.8. The van der Waals surface area contributed by atoms with Crippen molar-refractivity contribution < 1.29 is 13.8 Å². The Hall–Kier alpha value is -4.36. The number of fused-ring (bicyclic) bond motifs is 2. The Bertz CT molecular complexity index is 2260. The number of rotatable bonds is 11. The molecule has 3 aromatic carbocycles. The number of carbonyl (C=O) groups excluding carboxylic acids is 2. The molecule has 11 nitrogen and oxygen atoms in total. The van der Waals surface area contributed by atoms with Gasteiger partial charge in [-0.3, -0.25) is 14.3 Å². The Balaban J connectivity index is 0.989. The summed E-state index contributed by atoms with van der Waals surface area (Å²) in [5.74, 6) is 0.822. The number of H-pyrrole nitrogens is 1. The van der Waals surface area contributed by atoms with Crippen LogP contribution in [0.25, 0.3) is 33.4 Å². The van der Waals surface area contributed by atoms with Crippen LogP contribution in [-0.2, 0) is 35.3 Å². The van der Waals surface area contributed by atoms with Crippen LogP contribution in [0.1, 0.15) is 78.1 Å². The summed E-state index contributed by atoms with van der Waals surface area (Å²) in [5.41, 5.74) is 9.22. The summed E-state index contributed by atoms with van der Waals surface area (Å²) in [6, 6.07) is 19.6. The molecule has 5 heterocycles. The predicted octanol–water partition coefficient (Wildman–Crippen LogP) is 6.67. The zero-order valence-electron chi connectivity index (χ0n) is 31.8. The Kier molecular flexibility index (Phi) is 10.9. The second-order valence-corrected chi connectivity index (χ2v) is 17.0. The predicted molar refractivity (Wildman–Crippen MR) is 218 cm³/mol. The van der Waals surface area contributed by atoms with Crippen molar-refractivity contribution in [2.75, 3.05) is 39.0 Å². The quantitative estimate of drug-likeness (QED) is 0.155. The monoisotopic (exact) mass is 780 g/mol. The van der Waals surface area contributed by atoms with E-state index in [2.05, 4.69) is 41.9 Å². The van der Waals surface area contributed by atoms with Crippen molar-refractivity contribution in [3.8, 4) is 22.4 Å². The van der Waals surface area contributed by atoms with Crippen LogP contribution in [0.2, 0.25) is 5.02 Å². The van der Waals surface area contributed by atoms with E-state index in [9.17, 15) is 13.8 Å². The molecule has 0 bridgehead atoms. The second-order valence-electron chi connectivity index (χ2n) is 15.3. The molecule has 2 N–H and O–H groups in total. The molecule has 3 aliphatic heterocycles. The van der Waals surface area contributed by atoms with Crippen molar-refractivity contribution in [1.82, 2.24) is 39.2 Å². The van der Waals surface area contributed by atoms with Crippen LogP contribution in [0.3, 0.4) is 0 Å². The number of benzene rings is 3. The van der Waals surface area contributed by atoms with Gasteiger partial charge in [0.1, 0.15) is 5.82 Å². The number of carbonyl (C=O) groups is 2. The molecule has 55 heavy (non-hydrogen) atoms. The Labute approximate surface area is 330 Å². The number of nitrogens with one attached hydrogen (secondary N) is 2. The van der Waals surface area contributed by atoms with Crippen molar-refractivity contribution in [2.45, 2.75) is 77.5 Å². The van der Waals surface area contributed by atoms with Gasteiger partial charge < -0.3 is 20.1 Å². The summed E-state index contributed by atoms with van der Waals surface area (Å²) in [7, 11) is -1.10. The molecule has 0 spiro atoms. The standard InChI is InChI=1S/C42H49ClN8O3S/c1-27-10-13-36-37(23-27)46-41(45-36)28(2)44-42(53)31-8-4-7-29(24-31)33-25-30(11-12-35(33)43)40-34-26-49(55(3)54)22-16-38(34)51(47-40)19-6-17-48-20-14-32(15-21-48)50-18-5-9-39(50)52/h4,7-8,10-13,23-25,28,32H,5-6,9,14-22,26H2,1-3H3,(H,44,53)(H,45,46). The van der Waals surface area contributed by atoms with Crippen molar-refractivity contribution in [3.05, 3.63) is 93.9 Å². The van der Waals surface area contributed by atoms with Gasteiger partial charge in [0, 0.05) is 97.4 Å². The molecule has 288 valence electrons. The molecule has 13 heteroatoms. The third kappa shape index (κ3) is 8.00. The zero-order valence-corrected chi connectivity index (χ0v) is 33.4. The molecule has 5 aromatic rings. The smallest absolute Gasteiger partial charge is 0.251 e. The molecule has 0 aliphatic carbocycles. The van der Waals surface area contributed by atoms with Gasteiger partial charge >= 0.3 is 0 Å². The number of piperidine rings is 1. The van der Waals surface area contributed by atoms with Gasteiger partial charge in [-0.1, -0.05) is 35.9 Å². The minimum Gasteiger partial charge on any atom is -0.342 e. The van der Waals surface area contributed by atoms with E-state index in [0.717, 1.165) is 116 Å². The van der Waals surface area contributed by atoms with Gasteiger partial charge in [-0.2, -0.15) is 5.10 Å². The Morgan fingerprint density at radius 2 is 1.85 bits per heavy atom. The summed E-state index contributed by atoms with van der Waals surface area (Å²) >= 11 is 6.86. The highest BCUT2D eigenvalue weighted by atomic mass is 35.5. The zero-order chi connectivity index (χ0) is 38.2. The number of aryl methyl sites for hydroxylation is 2. The molecule has 0 radical (unpaired) electrons. The van der Waals surface area contributed by atoms with Gasteiger partial charge in [0.15, 0.2) is 0 Å². The van der Waals surface area contributed by atoms with Crippen molar-refractivity contribution in [2.24, 2.45) is 0 Å². The highest BCUT2D eigenvalue weighted by Gasteiger charge is 2.31. The molecular formula is C42H49ClN8O3S. The van der Waals surface area contributed by atoms with Crippen LogP contribution in [0.4, 0.5) is 0 Å². The molecule has 2 atom stereocenters. The molecule has 2 saturated heterocycles. The number of hydrogen-bond donors (Lipinski definition) is 2. The SMILES string of the molecule is Cc1ccc2nc(C(C)NC(=O)c3cccc(-c4cc(-c5nn(CCCN6CCC(N7CCCC7=O)CC6)c6c5CN(S(C)=O)CC6)ccc4Cl)c3)[nH]c2c1. The highest BCUT2D eigenvalue weighted by molar-refractivity contribution is 7.81. The minimum atomic E-state index is -1.10. The summed E-state index contributed by atoms with van der Waals surface area (Å²) in [6.45, 7) is 9.99. The summed E-state index contributed by atoms with van der Waals surface area (Å²) in [5, 5.41) is 8.89. The van der Waals surface area contributed by atoms with Crippen LogP contribution in [0.5, 0.6) is 0 Å². The van der Waals surface area contributed by atoms with E-state index in [-0.39, 0.29) is 11.9 Å². The molecular weight excluding hydrogens is 732 g/mol. The first-order chi connectivity index (χ1) is 26.6. The average Bonchev–Trinajstić information content (AvgIpc) is 3.92. The lowest BCUT2D eigenvalue weighted by Crippen LogP contribution is -2.45. The van der Waals surface area contributed by atoms with Gasteiger partial charge in [-0.25, -0.2) is 13.5 Å². The van der Waals surface area contributed by atoms with E-state index in [0.29, 0.717) is 41.3 Å². The van der Waals surface area contributed by atoms with Crippen LogP contribution in [0, 0.1) is 6.92 Å². The van der Waals surface area contributed by atoms with E-state index >= 15 is 0 Å². The first kappa shape index (κ1) is 37.6. The fraction of sp³-hybridized carbons (Fsp3) is 0.429. The normalized spacial score (nSPS) is 18.2. The topological polar surface area (TPSA) is 119 Å². The van der Waals surface area contributed by atoms with Crippen LogP contribution >= 0.6 is 11.6 Å². The minimum absolute atomic E-state index is 0.204. The average molecular weight is 781 g/mol. The van der Waals surface area contributed by atoms with E-state index < -0.39 is 11.0 Å². The number of aromatic amines is 1. The number of aromatic nitrogens is 4. The lowest BCUT2D eigenvalue weighted by atomic mass is 9.97. The maximum atomic E-state index is 13.5. The molecule has 2 aromatic heterocycles.